The lowest BCUT2D eigenvalue weighted by molar-refractivity contribution is -0.137. The van der Waals surface area contributed by atoms with Crippen molar-refractivity contribution in [1.82, 2.24) is 4.90 Å². The highest BCUT2D eigenvalue weighted by molar-refractivity contribution is 7.80. The molecule has 3 nitrogen and oxygen atoms in total. The van der Waals surface area contributed by atoms with Crippen LogP contribution in [0.3, 0.4) is 0 Å². The second-order valence-electron chi connectivity index (χ2n) is 6.52. The van der Waals surface area contributed by atoms with Gasteiger partial charge in [-0.3, -0.25) is 4.79 Å². The molecular formula is C15H26N2OS. The largest absolute Gasteiger partial charge is 0.392 e. The molecule has 0 heterocycles. The summed E-state index contributed by atoms with van der Waals surface area (Å²) >= 11 is 5.27. The molecule has 0 aromatic heterocycles. The fourth-order valence-corrected chi connectivity index (χ4v) is 3.64. The van der Waals surface area contributed by atoms with Gasteiger partial charge in [-0.25, -0.2) is 0 Å². The fraction of sp³-hybridized carbons (Fsp3) is 0.867. The van der Waals surface area contributed by atoms with E-state index in [1.54, 1.807) is 0 Å². The highest BCUT2D eigenvalue weighted by Crippen LogP contribution is 2.41. The summed E-state index contributed by atoms with van der Waals surface area (Å²) in [6.45, 7) is 3.11. The van der Waals surface area contributed by atoms with Gasteiger partial charge in [-0.2, -0.15) is 0 Å². The third-order valence-electron chi connectivity index (χ3n) is 4.97. The van der Waals surface area contributed by atoms with E-state index in [1.165, 1.54) is 19.3 Å². The zero-order valence-corrected chi connectivity index (χ0v) is 13.0. The van der Waals surface area contributed by atoms with Gasteiger partial charge in [0.2, 0.25) is 5.91 Å². The predicted molar refractivity (Wildman–Crippen MR) is 81.8 cm³/mol. The van der Waals surface area contributed by atoms with Crippen molar-refractivity contribution < 1.29 is 4.79 Å². The second-order valence-corrected chi connectivity index (χ2v) is 6.96. The lowest BCUT2D eigenvalue weighted by atomic mass is 9.79. The molecule has 2 rings (SSSR count). The molecule has 2 unspecified atom stereocenters. The van der Waals surface area contributed by atoms with E-state index < -0.39 is 5.41 Å². The number of carbonyl (C=O) groups is 1. The lowest BCUT2D eigenvalue weighted by Crippen LogP contribution is -2.49. The van der Waals surface area contributed by atoms with Gasteiger partial charge in [-0.05, 0) is 31.1 Å². The van der Waals surface area contributed by atoms with Gasteiger partial charge in [-0.15, -0.1) is 0 Å². The molecule has 0 aromatic rings. The van der Waals surface area contributed by atoms with Crippen molar-refractivity contribution >= 4 is 23.1 Å². The van der Waals surface area contributed by atoms with Crippen LogP contribution in [0.1, 0.15) is 51.9 Å². The van der Waals surface area contributed by atoms with Gasteiger partial charge in [0.1, 0.15) is 0 Å². The van der Waals surface area contributed by atoms with Crippen LogP contribution in [-0.4, -0.2) is 29.4 Å². The van der Waals surface area contributed by atoms with Gasteiger partial charge >= 0.3 is 0 Å². The van der Waals surface area contributed by atoms with E-state index in [-0.39, 0.29) is 5.91 Å². The molecule has 19 heavy (non-hydrogen) atoms. The van der Waals surface area contributed by atoms with Crippen molar-refractivity contribution in [2.24, 2.45) is 23.0 Å². The first-order valence-electron chi connectivity index (χ1n) is 7.53. The van der Waals surface area contributed by atoms with Gasteiger partial charge in [0.05, 0.1) is 10.4 Å². The van der Waals surface area contributed by atoms with Gasteiger partial charge < -0.3 is 10.6 Å². The molecule has 1 amide bonds. The molecule has 0 saturated heterocycles. The Morgan fingerprint density at radius 3 is 2.26 bits per heavy atom. The summed E-state index contributed by atoms with van der Waals surface area (Å²) in [5, 5.41) is 0. The van der Waals surface area contributed by atoms with Crippen LogP contribution in [0.5, 0.6) is 0 Å². The second kappa shape index (κ2) is 5.78. The van der Waals surface area contributed by atoms with E-state index in [0.29, 0.717) is 10.9 Å². The minimum Gasteiger partial charge on any atom is -0.392 e. The van der Waals surface area contributed by atoms with Gasteiger partial charge in [0.15, 0.2) is 0 Å². The number of nitrogens with zero attached hydrogens (tertiary/aromatic N) is 1. The van der Waals surface area contributed by atoms with E-state index in [2.05, 4.69) is 6.92 Å². The maximum Gasteiger partial charge on any atom is 0.235 e. The summed E-state index contributed by atoms with van der Waals surface area (Å²) in [5.74, 6) is 1.62. The monoisotopic (exact) mass is 282 g/mol. The molecule has 2 atom stereocenters. The lowest BCUT2D eigenvalue weighted by Gasteiger charge is -2.34. The van der Waals surface area contributed by atoms with E-state index in [1.807, 2.05) is 11.9 Å². The smallest absolute Gasteiger partial charge is 0.235 e. The van der Waals surface area contributed by atoms with Crippen molar-refractivity contribution in [3.63, 3.8) is 0 Å². The Kier molecular flexibility index (Phi) is 4.49. The zero-order valence-electron chi connectivity index (χ0n) is 12.2. The van der Waals surface area contributed by atoms with Gasteiger partial charge in [0, 0.05) is 13.6 Å². The van der Waals surface area contributed by atoms with Crippen LogP contribution in [0.4, 0.5) is 0 Å². The molecular weight excluding hydrogens is 256 g/mol. The average Bonchev–Trinajstić information content (AvgIpc) is 3.10. The third kappa shape index (κ3) is 3.10. The first-order chi connectivity index (χ1) is 8.97. The Morgan fingerprint density at radius 1 is 1.32 bits per heavy atom. The Labute approximate surface area is 121 Å². The number of carbonyl (C=O) groups excluding carboxylic acids is 1. The SMILES string of the molecule is CC1CC1CN(C)C(=O)C1(C(N)=S)CCCCCC1. The fourth-order valence-electron chi connectivity index (χ4n) is 3.35. The summed E-state index contributed by atoms with van der Waals surface area (Å²) in [6, 6.07) is 0. The summed E-state index contributed by atoms with van der Waals surface area (Å²) < 4.78 is 0. The van der Waals surface area contributed by atoms with Crippen LogP contribution in [0.15, 0.2) is 0 Å². The van der Waals surface area contributed by atoms with E-state index in [9.17, 15) is 4.79 Å². The molecule has 0 bridgehead atoms. The highest BCUT2D eigenvalue weighted by Gasteiger charge is 2.44. The molecule has 0 aromatic carbocycles. The number of rotatable bonds is 4. The zero-order chi connectivity index (χ0) is 14.0. The van der Waals surface area contributed by atoms with Gasteiger partial charge in [0.25, 0.3) is 0 Å². The molecule has 0 radical (unpaired) electrons. The minimum atomic E-state index is -0.557. The molecule has 108 valence electrons. The molecule has 2 fully saturated rings. The first-order valence-corrected chi connectivity index (χ1v) is 7.93. The first kappa shape index (κ1) is 14.8. The molecule has 2 N–H and O–H groups in total. The van der Waals surface area contributed by atoms with Crippen LogP contribution in [0.25, 0.3) is 0 Å². The summed E-state index contributed by atoms with van der Waals surface area (Å²) in [5.41, 5.74) is 5.41. The van der Waals surface area contributed by atoms with Crippen LogP contribution >= 0.6 is 12.2 Å². The van der Waals surface area contributed by atoms with Crippen molar-refractivity contribution in [2.75, 3.05) is 13.6 Å². The molecule has 2 aliphatic carbocycles. The standard InChI is InChI=1S/C15H26N2OS/c1-11-9-12(11)10-17(2)14(18)15(13(16)19)7-5-3-4-6-8-15/h11-12H,3-10H2,1-2H3,(H2,16,19). The van der Waals surface area contributed by atoms with Crippen LogP contribution in [0, 0.1) is 17.3 Å². The average molecular weight is 282 g/mol. The van der Waals surface area contributed by atoms with E-state index >= 15 is 0 Å². The molecule has 0 aliphatic heterocycles. The molecule has 0 spiro atoms. The van der Waals surface area contributed by atoms with Crippen molar-refractivity contribution in [3.05, 3.63) is 0 Å². The van der Waals surface area contributed by atoms with Crippen LogP contribution < -0.4 is 5.73 Å². The number of amides is 1. The summed E-state index contributed by atoms with van der Waals surface area (Å²) in [4.78, 5) is 15.1. The summed E-state index contributed by atoms with van der Waals surface area (Å²) in [6.07, 6.45) is 7.45. The van der Waals surface area contributed by atoms with Gasteiger partial charge in [-0.1, -0.05) is 44.8 Å². The van der Waals surface area contributed by atoms with E-state index in [4.69, 9.17) is 18.0 Å². The number of nitrogens with two attached hydrogens (primary N) is 1. The quantitative estimate of drug-likeness (QED) is 0.637. The maximum absolute atomic E-state index is 12.8. The number of thiocarbonyl (C=S) groups is 1. The van der Waals surface area contributed by atoms with Crippen molar-refractivity contribution in [1.29, 1.82) is 0 Å². The summed E-state index contributed by atoms with van der Waals surface area (Å²) in [7, 11) is 1.91. The number of hydrogen-bond donors (Lipinski definition) is 1. The minimum absolute atomic E-state index is 0.168. The van der Waals surface area contributed by atoms with Crippen molar-refractivity contribution in [2.45, 2.75) is 51.9 Å². The van der Waals surface area contributed by atoms with Crippen LogP contribution in [0.2, 0.25) is 0 Å². The predicted octanol–water partition coefficient (Wildman–Crippen LogP) is 2.73. The Hall–Kier alpha value is -0.640. The van der Waals surface area contributed by atoms with Crippen LogP contribution in [-0.2, 0) is 4.79 Å². The molecule has 2 aliphatic rings. The highest BCUT2D eigenvalue weighted by atomic mass is 32.1. The topological polar surface area (TPSA) is 46.3 Å². The van der Waals surface area contributed by atoms with Crippen molar-refractivity contribution in [3.8, 4) is 0 Å². The molecule has 2 saturated carbocycles. The Bertz CT molecular complexity index is 361. The normalized spacial score (nSPS) is 29.4. The molecule has 4 heteroatoms. The third-order valence-corrected chi connectivity index (χ3v) is 5.36. The van der Waals surface area contributed by atoms with E-state index in [0.717, 1.165) is 38.1 Å². The maximum atomic E-state index is 12.8. The Balaban J connectivity index is 2.08. The Morgan fingerprint density at radius 2 is 1.84 bits per heavy atom. The number of hydrogen-bond acceptors (Lipinski definition) is 2.